The van der Waals surface area contributed by atoms with Crippen molar-refractivity contribution in [3.8, 4) is 0 Å². The number of halogens is 3. The van der Waals surface area contributed by atoms with Crippen molar-refractivity contribution in [2.24, 2.45) is 0 Å². The van der Waals surface area contributed by atoms with E-state index in [1.807, 2.05) is 18.2 Å². The van der Waals surface area contributed by atoms with E-state index in [-0.39, 0.29) is 17.5 Å². The van der Waals surface area contributed by atoms with Crippen LogP contribution in [-0.4, -0.2) is 28.2 Å². The van der Waals surface area contributed by atoms with Crippen molar-refractivity contribution < 1.29 is 22.8 Å². The number of rotatable bonds is 4. The van der Waals surface area contributed by atoms with Crippen LogP contribution in [0.4, 0.5) is 30.4 Å². The molecule has 2 amide bonds. The topological polar surface area (TPSA) is 74.3 Å². The van der Waals surface area contributed by atoms with Gasteiger partial charge in [-0.05, 0) is 66.1 Å². The lowest BCUT2D eigenvalue weighted by Crippen LogP contribution is -2.36. The van der Waals surface area contributed by atoms with E-state index in [9.17, 15) is 22.8 Å². The number of nitrogens with one attached hydrogen (secondary N) is 2. The highest BCUT2D eigenvalue weighted by atomic mass is 19.4. The molecule has 4 rings (SSSR count). The minimum atomic E-state index is -4.37. The highest BCUT2D eigenvalue weighted by Gasteiger charge is 2.30. The Morgan fingerprint density at radius 2 is 1.70 bits per heavy atom. The summed E-state index contributed by atoms with van der Waals surface area (Å²) in [5, 5.41) is 5.69. The van der Waals surface area contributed by atoms with E-state index < -0.39 is 11.7 Å². The van der Waals surface area contributed by atoms with Crippen LogP contribution in [-0.2, 0) is 23.9 Å². The summed E-state index contributed by atoms with van der Waals surface area (Å²) in [6, 6.07) is 15.5. The second kappa shape index (κ2) is 8.93. The summed E-state index contributed by atoms with van der Waals surface area (Å²) in [4.78, 5) is 30.1. The lowest BCUT2D eigenvalue weighted by molar-refractivity contribution is -0.137. The third-order valence-corrected chi connectivity index (χ3v) is 5.28. The lowest BCUT2D eigenvalue weighted by atomic mass is 9.98. The fourth-order valence-electron chi connectivity index (χ4n) is 3.68. The van der Waals surface area contributed by atoms with Crippen LogP contribution < -0.4 is 10.6 Å². The molecule has 0 atom stereocenters. The second-order valence-corrected chi connectivity index (χ2v) is 7.75. The van der Waals surface area contributed by atoms with Gasteiger partial charge >= 0.3 is 6.18 Å². The summed E-state index contributed by atoms with van der Waals surface area (Å²) in [6.45, 7) is 2.29. The van der Waals surface area contributed by atoms with Crippen LogP contribution in [0.3, 0.4) is 0 Å². The standard InChI is InChI=1S/C24H21F3N4O2/c1-15(32)28-22-4-2-3-21(30-22)23(33)31-12-11-16-13-20(8-5-17(16)14-31)29-19-9-6-18(7-10-19)24(25,26)27/h2-10,13,29H,11-12,14H2,1H3,(H,28,30,32). The molecule has 0 saturated carbocycles. The van der Waals surface area contributed by atoms with Gasteiger partial charge < -0.3 is 15.5 Å². The quantitative estimate of drug-likeness (QED) is 0.582. The summed E-state index contributed by atoms with van der Waals surface area (Å²) < 4.78 is 38.2. The normalized spacial score (nSPS) is 13.3. The zero-order valence-electron chi connectivity index (χ0n) is 17.7. The highest BCUT2D eigenvalue weighted by Crippen LogP contribution is 2.31. The zero-order chi connectivity index (χ0) is 23.6. The molecule has 2 N–H and O–H groups in total. The molecule has 2 aromatic carbocycles. The molecular formula is C24H21F3N4O2. The van der Waals surface area contributed by atoms with Crippen LogP contribution >= 0.6 is 0 Å². The third kappa shape index (κ3) is 5.31. The molecular weight excluding hydrogens is 433 g/mol. The summed E-state index contributed by atoms with van der Waals surface area (Å²) in [6.07, 6.45) is -3.73. The third-order valence-electron chi connectivity index (χ3n) is 5.28. The molecule has 1 aromatic heterocycles. The van der Waals surface area contributed by atoms with Crippen LogP contribution in [0.2, 0.25) is 0 Å². The Hall–Kier alpha value is -3.88. The van der Waals surface area contributed by atoms with Gasteiger partial charge in [0.1, 0.15) is 11.5 Å². The number of benzene rings is 2. The predicted octanol–water partition coefficient (Wildman–Crippen LogP) is 5.00. The average molecular weight is 454 g/mol. The molecule has 9 heteroatoms. The van der Waals surface area contributed by atoms with Gasteiger partial charge in [-0.25, -0.2) is 4.98 Å². The number of carbonyl (C=O) groups excluding carboxylic acids is 2. The number of hydrogen-bond acceptors (Lipinski definition) is 4. The molecule has 0 aliphatic carbocycles. The lowest BCUT2D eigenvalue weighted by Gasteiger charge is -2.29. The molecule has 170 valence electrons. The fourth-order valence-corrected chi connectivity index (χ4v) is 3.68. The average Bonchev–Trinajstić information content (AvgIpc) is 2.78. The smallest absolute Gasteiger partial charge is 0.356 e. The first-order valence-corrected chi connectivity index (χ1v) is 10.3. The molecule has 0 fully saturated rings. The van der Waals surface area contributed by atoms with Gasteiger partial charge in [0.25, 0.3) is 5.91 Å². The van der Waals surface area contributed by atoms with E-state index in [2.05, 4.69) is 15.6 Å². The first kappa shape index (κ1) is 22.3. The Morgan fingerprint density at radius 3 is 2.39 bits per heavy atom. The number of anilines is 3. The molecule has 0 bridgehead atoms. The summed E-state index contributed by atoms with van der Waals surface area (Å²) >= 11 is 0. The van der Waals surface area contributed by atoms with Gasteiger partial charge in [-0.15, -0.1) is 0 Å². The summed E-state index contributed by atoms with van der Waals surface area (Å²) in [5.74, 6) is -0.163. The van der Waals surface area contributed by atoms with Gasteiger partial charge in [0.05, 0.1) is 5.56 Å². The number of alkyl halides is 3. The minimum absolute atomic E-state index is 0.222. The second-order valence-electron chi connectivity index (χ2n) is 7.75. The first-order valence-electron chi connectivity index (χ1n) is 10.3. The zero-order valence-corrected chi connectivity index (χ0v) is 17.7. The van der Waals surface area contributed by atoms with Crippen LogP contribution in [0.15, 0.2) is 60.7 Å². The number of pyridine rings is 1. The molecule has 3 aromatic rings. The first-order chi connectivity index (χ1) is 15.7. The van der Waals surface area contributed by atoms with E-state index in [1.54, 1.807) is 23.1 Å². The maximum absolute atomic E-state index is 12.9. The Morgan fingerprint density at radius 1 is 0.970 bits per heavy atom. The van der Waals surface area contributed by atoms with Crippen LogP contribution in [0, 0.1) is 0 Å². The van der Waals surface area contributed by atoms with Crippen molar-refractivity contribution in [2.45, 2.75) is 26.1 Å². The summed E-state index contributed by atoms with van der Waals surface area (Å²) in [7, 11) is 0. The number of amides is 2. The molecule has 1 aliphatic heterocycles. The Bertz CT molecular complexity index is 1190. The van der Waals surface area contributed by atoms with Crippen molar-refractivity contribution >= 4 is 29.0 Å². The van der Waals surface area contributed by atoms with Crippen molar-refractivity contribution in [1.29, 1.82) is 0 Å². The molecule has 2 heterocycles. The van der Waals surface area contributed by atoms with Crippen molar-refractivity contribution in [2.75, 3.05) is 17.2 Å². The van der Waals surface area contributed by atoms with Gasteiger partial charge in [0, 0.05) is 31.4 Å². The predicted molar refractivity (Wildman–Crippen MR) is 118 cm³/mol. The van der Waals surface area contributed by atoms with Crippen LogP contribution in [0.5, 0.6) is 0 Å². The largest absolute Gasteiger partial charge is 0.416 e. The van der Waals surface area contributed by atoms with E-state index in [0.717, 1.165) is 28.9 Å². The van der Waals surface area contributed by atoms with Gasteiger partial charge in [-0.1, -0.05) is 12.1 Å². The van der Waals surface area contributed by atoms with E-state index in [0.29, 0.717) is 31.0 Å². The molecule has 33 heavy (non-hydrogen) atoms. The Labute approximate surface area is 188 Å². The Kier molecular flexibility index (Phi) is 6.04. The molecule has 6 nitrogen and oxygen atoms in total. The van der Waals surface area contributed by atoms with Crippen LogP contribution in [0.25, 0.3) is 0 Å². The monoisotopic (exact) mass is 454 g/mol. The number of aromatic nitrogens is 1. The molecule has 0 radical (unpaired) electrons. The summed E-state index contributed by atoms with van der Waals surface area (Å²) in [5.41, 5.74) is 2.94. The molecule has 1 aliphatic rings. The highest BCUT2D eigenvalue weighted by molar-refractivity contribution is 5.94. The van der Waals surface area contributed by atoms with Crippen LogP contribution in [0.1, 0.15) is 34.1 Å². The van der Waals surface area contributed by atoms with Gasteiger partial charge in [0.15, 0.2) is 0 Å². The van der Waals surface area contributed by atoms with E-state index >= 15 is 0 Å². The van der Waals surface area contributed by atoms with Gasteiger partial charge in [0.2, 0.25) is 5.91 Å². The Balaban J connectivity index is 1.44. The van der Waals surface area contributed by atoms with E-state index in [1.165, 1.54) is 19.1 Å². The van der Waals surface area contributed by atoms with Gasteiger partial charge in [-0.3, -0.25) is 9.59 Å². The number of hydrogen-bond donors (Lipinski definition) is 2. The molecule has 0 saturated heterocycles. The SMILES string of the molecule is CC(=O)Nc1cccc(C(=O)N2CCc3cc(Nc4ccc(C(F)(F)F)cc4)ccc3C2)n1. The maximum Gasteiger partial charge on any atom is 0.416 e. The maximum atomic E-state index is 12.9. The van der Waals surface area contributed by atoms with Crippen molar-refractivity contribution in [1.82, 2.24) is 9.88 Å². The minimum Gasteiger partial charge on any atom is -0.356 e. The number of carbonyl (C=O) groups is 2. The van der Waals surface area contributed by atoms with Crippen molar-refractivity contribution in [3.63, 3.8) is 0 Å². The number of nitrogens with zero attached hydrogens (tertiary/aromatic N) is 2. The number of fused-ring (bicyclic) bond motifs is 1. The van der Waals surface area contributed by atoms with Crippen molar-refractivity contribution in [3.05, 3.63) is 83.0 Å². The van der Waals surface area contributed by atoms with E-state index in [4.69, 9.17) is 0 Å². The fraction of sp³-hybridized carbons (Fsp3) is 0.208. The molecule has 0 unspecified atom stereocenters. The molecule has 0 spiro atoms. The van der Waals surface area contributed by atoms with Gasteiger partial charge in [-0.2, -0.15) is 13.2 Å².